The lowest BCUT2D eigenvalue weighted by Gasteiger charge is -1.90. The second-order valence-electron chi connectivity index (χ2n) is 4.39. The molecule has 2 aliphatic rings. The highest BCUT2D eigenvalue weighted by molar-refractivity contribution is 5.52. The minimum absolute atomic E-state index is 0.146. The number of rotatable bonds is 0. The molecule has 4 heteroatoms. The first-order valence-electron chi connectivity index (χ1n) is 5.96. The normalized spacial score (nSPS) is 18.7. The molecular formula is C15H9N3O. The van der Waals surface area contributed by atoms with Gasteiger partial charge in [0.25, 0.3) is 0 Å². The van der Waals surface area contributed by atoms with Gasteiger partial charge in [-0.25, -0.2) is 15.0 Å². The number of hydrogen-bond donors (Lipinski definition) is 1. The molecule has 4 rings (SSSR count). The van der Waals surface area contributed by atoms with Crippen molar-refractivity contribution in [2.45, 2.75) is 0 Å². The van der Waals surface area contributed by atoms with Crippen LogP contribution in [0.25, 0.3) is 6.08 Å². The Bertz CT molecular complexity index is 934. The third-order valence-corrected chi connectivity index (χ3v) is 3.14. The zero-order chi connectivity index (χ0) is 12.8. The maximum absolute atomic E-state index is 9.75. The molecule has 0 saturated heterocycles. The zero-order valence-electron chi connectivity index (χ0n) is 9.91. The van der Waals surface area contributed by atoms with Gasteiger partial charge in [-0.3, -0.25) is 0 Å². The number of phenolic OH excluding ortho intramolecular Hbond substituents is 1. The van der Waals surface area contributed by atoms with Gasteiger partial charge in [-0.05, 0) is 24.3 Å². The molecule has 2 aromatic rings. The molecule has 0 fully saturated rings. The molecule has 0 unspecified atom stereocenters. The van der Waals surface area contributed by atoms with E-state index in [9.17, 15) is 5.11 Å². The molecule has 0 aliphatic carbocycles. The fourth-order valence-electron chi connectivity index (χ4n) is 2.22. The Kier molecular flexibility index (Phi) is 1.94. The first kappa shape index (κ1) is 10.2. The number of benzene rings is 2. The molecule has 2 aliphatic heterocycles. The van der Waals surface area contributed by atoms with Gasteiger partial charge in [0.1, 0.15) is 16.8 Å². The number of fused-ring (bicyclic) bond motifs is 2. The Labute approximate surface area is 108 Å². The van der Waals surface area contributed by atoms with Crippen molar-refractivity contribution < 1.29 is 5.11 Å². The van der Waals surface area contributed by atoms with Crippen LogP contribution < -0.4 is 21.3 Å². The third kappa shape index (κ3) is 1.50. The minimum Gasteiger partial charge on any atom is -0.506 e. The lowest BCUT2D eigenvalue weighted by atomic mass is 10.3. The van der Waals surface area contributed by atoms with Crippen LogP contribution in [0.4, 0.5) is 0 Å². The highest BCUT2D eigenvalue weighted by Crippen LogP contribution is 2.14. The van der Waals surface area contributed by atoms with Crippen LogP contribution in [0.3, 0.4) is 0 Å². The van der Waals surface area contributed by atoms with Crippen molar-refractivity contribution in [3.05, 3.63) is 75.3 Å². The van der Waals surface area contributed by atoms with Crippen molar-refractivity contribution in [2.24, 2.45) is 15.0 Å². The van der Waals surface area contributed by atoms with E-state index in [1.807, 2.05) is 36.4 Å². The van der Waals surface area contributed by atoms with Gasteiger partial charge in [-0.15, -0.1) is 0 Å². The van der Waals surface area contributed by atoms with Crippen molar-refractivity contribution in [3.8, 4) is 5.75 Å². The molecule has 0 saturated carbocycles. The van der Waals surface area contributed by atoms with Crippen LogP contribution in [0.15, 0.2) is 69.0 Å². The molecule has 19 heavy (non-hydrogen) atoms. The second kappa shape index (κ2) is 3.62. The third-order valence-electron chi connectivity index (χ3n) is 3.14. The summed E-state index contributed by atoms with van der Waals surface area (Å²) in [6.07, 6.45) is 1.96. The summed E-state index contributed by atoms with van der Waals surface area (Å²) in [5.74, 6) is 0.695. The number of hydrogen-bond acceptors (Lipinski definition) is 4. The Balaban J connectivity index is 2.01. The largest absolute Gasteiger partial charge is 0.506 e. The SMILES string of the molecule is Oc1cccc2c1=NC(=C1C=c3ccccc3=N1)N=2. The molecule has 4 nitrogen and oxygen atoms in total. The molecule has 0 bridgehead atoms. The van der Waals surface area contributed by atoms with Crippen LogP contribution in [-0.2, 0) is 0 Å². The summed E-state index contributed by atoms with van der Waals surface area (Å²) >= 11 is 0. The summed E-state index contributed by atoms with van der Waals surface area (Å²) < 4.78 is 0. The maximum Gasteiger partial charge on any atom is 0.179 e. The van der Waals surface area contributed by atoms with Crippen molar-refractivity contribution in [1.82, 2.24) is 0 Å². The molecular weight excluding hydrogens is 238 g/mol. The maximum atomic E-state index is 9.75. The number of phenols is 1. The van der Waals surface area contributed by atoms with Crippen LogP contribution >= 0.6 is 0 Å². The predicted molar refractivity (Wildman–Crippen MR) is 69.1 cm³/mol. The van der Waals surface area contributed by atoms with E-state index < -0.39 is 0 Å². The van der Waals surface area contributed by atoms with E-state index in [0.29, 0.717) is 16.5 Å². The topological polar surface area (TPSA) is 57.3 Å². The Morgan fingerprint density at radius 1 is 0.789 bits per heavy atom. The molecule has 0 aromatic heterocycles. The van der Waals surface area contributed by atoms with Crippen LogP contribution in [0.2, 0.25) is 0 Å². The van der Waals surface area contributed by atoms with Gasteiger partial charge < -0.3 is 5.11 Å². The van der Waals surface area contributed by atoms with E-state index in [-0.39, 0.29) is 5.75 Å². The average molecular weight is 247 g/mol. The lowest BCUT2D eigenvalue weighted by Crippen LogP contribution is -2.20. The summed E-state index contributed by atoms with van der Waals surface area (Å²) in [6, 6.07) is 13.1. The summed E-state index contributed by atoms with van der Waals surface area (Å²) in [5.41, 5.74) is 0.733. The fourth-order valence-corrected chi connectivity index (χ4v) is 2.22. The van der Waals surface area contributed by atoms with Crippen LogP contribution in [0, 0.1) is 0 Å². The van der Waals surface area contributed by atoms with Gasteiger partial charge in [0.05, 0.1) is 10.7 Å². The van der Waals surface area contributed by atoms with Gasteiger partial charge >= 0.3 is 0 Å². The van der Waals surface area contributed by atoms with Crippen LogP contribution in [-0.4, -0.2) is 5.11 Å². The Morgan fingerprint density at radius 2 is 1.63 bits per heavy atom. The predicted octanol–water partition coefficient (Wildman–Crippen LogP) is -0.0720. The molecule has 0 amide bonds. The summed E-state index contributed by atoms with van der Waals surface area (Å²) in [5, 5.41) is 12.9. The van der Waals surface area contributed by atoms with E-state index >= 15 is 0 Å². The molecule has 2 heterocycles. The highest BCUT2D eigenvalue weighted by atomic mass is 16.3. The number of allylic oxidation sites excluding steroid dienone is 1. The van der Waals surface area contributed by atoms with E-state index in [2.05, 4.69) is 15.0 Å². The van der Waals surface area contributed by atoms with E-state index in [1.54, 1.807) is 12.1 Å². The van der Waals surface area contributed by atoms with Gasteiger partial charge in [0, 0.05) is 5.22 Å². The number of para-hydroxylation sites is 2. The lowest BCUT2D eigenvalue weighted by molar-refractivity contribution is 0.468. The van der Waals surface area contributed by atoms with Gasteiger partial charge in [0.15, 0.2) is 5.82 Å². The highest BCUT2D eigenvalue weighted by Gasteiger charge is 2.11. The van der Waals surface area contributed by atoms with Crippen molar-refractivity contribution >= 4 is 6.08 Å². The van der Waals surface area contributed by atoms with Crippen molar-refractivity contribution in [2.75, 3.05) is 0 Å². The van der Waals surface area contributed by atoms with Crippen molar-refractivity contribution in [3.63, 3.8) is 0 Å². The summed E-state index contributed by atoms with van der Waals surface area (Å²) in [7, 11) is 0. The van der Waals surface area contributed by atoms with Gasteiger partial charge in [-0.2, -0.15) is 0 Å². The quantitative estimate of drug-likeness (QED) is 0.696. The minimum atomic E-state index is 0.146. The molecule has 90 valence electrons. The molecule has 0 atom stereocenters. The van der Waals surface area contributed by atoms with Crippen molar-refractivity contribution in [1.29, 1.82) is 0 Å². The smallest absolute Gasteiger partial charge is 0.179 e. The Morgan fingerprint density at radius 3 is 2.47 bits per heavy atom. The van der Waals surface area contributed by atoms with Crippen LogP contribution in [0.5, 0.6) is 5.75 Å². The average Bonchev–Trinajstić information content (AvgIpc) is 3.02. The summed E-state index contributed by atoms with van der Waals surface area (Å²) in [6.45, 7) is 0. The standard InChI is InChI=1S/C15H9N3O/c19-13-7-3-6-11-14(13)18-15(17-11)12-8-9-4-1-2-5-10(9)16-12/h1-8,19H. The Hall–Kier alpha value is -2.75. The molecule has 2 aromatic carbocycles. The molecule has 0 spiro atoms. The first-order valence-corrected chi connectivity index (χ1v) is 5.96. The molecule has 0 radical (unpaired) electrons. The molecule has 1 N–H and O–H groups in total. The monoisotopic (exact) mass is 247 g/mol. The number of aromatic hydroxyl groups is 1. The van der Waals surface area contributed by atoms with E-state index in [1.165, 1.54) is 0 Å². The van der Waals surface area contributed by atoms with Gasteiger partial charge in [-0.1, -0.05) is 24.3 Å². The van der Waals surface area contributed by atoms with Crippen LogP contribution in [0.1, 0.15) is 0 Å². The zero-order valence-corrected chi connectivity index (χ0v) is 9.91. The van der Waals surface area contributed by atoms with E-state index in [4.69, 9.17) is 0 Å². The fraction of sp³-hybridized carbons (Fsp3) is 0. The van der Waals surface area contributed by atoms with E-state index in [0.717, 1.165) is 16.3 Å². The van der Waals surface area contributed by atoms with Gasteiger partial charge in [0.2, 0.25) is 0 Å². The number of nitrogens with zero attached hydrogens (tertiary/aromatic N) is 3. The second-order valence-corrected chi connectivity index (χ2v) is 4.39. The summed E-state index contributed by atoms with van der Waals surface area (Å²) in [4.78, 5) is 13.3. The first-order chi connectivity index (χ1) is 9.31.